The average Bonchev–Trinajstić information content (AvgIpc) is 2.89. The SMILES string of the molecule is Cc1ccc(-n2nnc(C(=O)NC(C)(CC(=O)O)C(C)C)c2C)cc1. The predicted molar refractivity (Wildman–Crippen MR) is 93.8 cm³/mol. The molecule has 0 saturated carbocycles. The summed E-state index contributed by atoms with van der Waals surface area (Å²) in [6.45, 7) is 9.23. The first-order valence-electron chi connectivity index (χ1n) is 8.17. The molecule has 1 atom stereocenters. The van der Waals surface area contributed by atoms with E-state index in [0.29, 0.717) is 5.69 Å². The van der Waals surface area contributed by atoms with Crippen molar-refractivity contribution in [2.45, 2.75) is 46.6 Å². The molecular weight excluding hydrogens is 320 g/mol. The maximum Gasteiger partial charge on any atom is 0.305 e. The molecule has 7 nitrogen and oxygen atoms in total. The first-order valence-corrected chi connectivity index (χ1v) is 8.17. The number of aryl methyl sites for hydroxylation is 1. The molecule has 1 heterocycles. The molecule has 7 heteroatoms. The van der Waals surface area contributed by atoms with Crippen molar-refractivity contribution in [2.75, 3.05) is 0 Å². The molecule has 2 N–H and O–H groups in total. The largest absolute Gasteiger partial charge is 0.481 e. The van der Waals surface area contributed by atoms with Gasteiger partial charge in [-0.25, -0.2) is 4.68 Å². The standard InChI is InChI=1S/C18H24N4O3/c1-11(2)18(5,10-15(23)24)19-17(25)16-13(4)22(21-20-16)14-8-6-12(3)7-9-14/h6-9,11H,10H2,1-5H3,(H,19,25)(H,23,24). The average molecular weight is 344 g/mol. The van der Waals surface area contributed by atoms with Crippen LogP contribution in [-0.2, 0) is 4.79 Å². The van der Waals surface area contributed by atoms with Crippen LogP contribution in [0.15, 0.2) is 24.3 Å². The van der Waals surface area contributed by atoms with Gasteiger partial charge in [0, 0.05) is 0 Å². The molecule has 134 valence electrons. The van der Waals surface area contributed by atoms with E-state index in [4.69, 9.17) is 5.11 Å². The molecule has 0 aliphatic carbocycles. The number of aliphatic carboxylic acids is 1. The van der Waals surface area contributed by atoms with Crippen LogP contribution in [0.1, 0.15) is 48.9 Å². The highest BCUT2D eigenvalue weighted by molar-refractivity contribution is 5.94. The van der Waals surface area contributed by atoms with Gasteiger partial charge in [0.15, 0.2) is 5.69 Å². The molecule has 0 aliphatic heterocycles. The minimum absolute atomic E-state index is 0.0556. The Kier molecular flexibility index (Phi) is 5.25. The van der Waals surface area contributed by atoms with E-state index in [1.54, 1.807) is 18.5 Å². The second kappa shape index (κ2) is 7.04. The number of hydrogen-bond acceptors (Lipinski definition) is 4. The Morgan fingerprint density at radius 3 is 2.36 bits per heavy atom. The summed E-state index contributed by atoms with van der Waals surface area (Å²) in [7, 11) is 0. The third-order valence-electron chi connectivity index (χ3n) is 4.58. The highest BCUT2D eigenvalue weighted by Crippen LogP contribution is 2.22. The summed E-state index contributed by atoms with van der Waals surface area (Å²) in [5, 5.41) is 20.0. The van der Waals surface area contributed by atoms with Crippen molar-refractivity contribution in [3.05, 3.63) is 41.2 Å². The highest BCUT2D eigenvalue weighted by atomic mass is 16.4. The molecule has 25 heavy (non-hydrogen) atoms. The number of nitrogens with zero attached hydrogens (tertiary/aromatic N) is 3. The van der Waals surface area contributed by atoms with E-state index in [1.165, 1.54) is 0 Å². The second-order valence-corrected chi connectivity index (χ2v) is 6.87. The van der Waals surface area contributed by atoms with E-state index in [1.807, 2.05) is 45.0 Å². The number of benzene rings is 1. The fourth-order valence-electron chi connectivity index (χ4n) is 2.50. The number of carboxylic acids is 1. The lowest BCUT2D eigenvalue weighted by Crippen LogP contribution is -2.51. The van der Waals surface area contributed by atoms with Gasteiger partial charge in [0.05, 0.1) is 23.3 Å². The van der Waals surface area contributed by atoms with Crippen LogP contribution < -0.4 is 5.32 Å². The van der Waals surface area contributed by atoms with Crippen molar-refractivity contribution in [3.8, 4) is 5.69 Å². The Labute approximate surface area is 147 Å². The highest BCUT2D eigenvalue weighted by Gasteiger charge is 2.34. The number of rotatable bonds is 6. The van der Waals surface area contributed by atoms with Gasteiger partial charge in [-0.1, -0.05) is 36.8 Å². The third kappa shape index (κ3) is 4.04. The van der Waals surface area contributed by atoms with E-state index in [0.717, 1.165) is 11.3 Å². The molecule has 0 fully saturated rings. The second-order valence-electron chi connectivity index (χ2n) is 6.87. The van der Waals surface area contributed by atoms with Crippen LogP contribution in [0.2, 0.25) is 0 Å². The van der Waals surface area contributed by atoms with Gasteiger partial charge in [0.2, 0.25) is 0 Å². The molecule has 1 aromatic heterocycles. The molecule has 1 unspecified atom stereocenters. The number of carbonyl (C=O) groups excluding carboxylic acids is 1. The van der Waals surface area contributed by atoms with E-state index < -0.39 is 17.4 Å². The van der Waals surface area contributed by atoms with Crippen molar-refractivity contribution < 1.29 is 14.7 Å². The van der Waals surface area contributed by atoms with E-state index in [-0.39, 0.29) is 18.0 Å². The van der Waals surface area contributed by atoms with Crippen LogP contribution >= 0.6 is 0 Å². The van der Waals surface area contributed by atoms with Gasteiger partial charge in [0.25, 0.3) is 5.91 Å². The third-order valence-corrected chi connectivity index (χ3v) is 4.58. The Morgan fingerprint density at radius 2 is 1.84 bits per heavy atom. The molecule has 0 saturated heterocycles. The van der Waals surface area contributed by atoms with Crippen LogP contribution in [0.4, 0.5) is 0 Å². The topological polar surface area (TPSA) is 97.1 Å². The van der Waals surface area contributed by atoms with Crippen molar-refractivity contribution in [1.82, 2.24) is 20.3 Å². The first-order chi connectivity index (χ1) is 11.6. The monoisotopic (exact) mass is 344 g/mol. The van der Waals surface area contributed by atoms with Crippen LogP contribution in [0.5, 0.6) is 0 Å². The molecule has 0 spiro atoms. The summed E-state index contributed by atoms with van der Waals surface area (Å²) in [5.41, 5.74) is 1.86. The zero-order valence-corrected chi connectivity index (χ0v) is 15.2. The Bertz CT molecular complexity index is 780. The molecule has 0 bridgehead atoms. The Morgan fingerprint density at radius 1 is 1.24 bits per heavy atom. The number of hydrogen-bond donors (Lipinski definition) is 2. The summed E-state index contributed by atoms with van der Waals surface area (Å²) < 4.78 is 1.60. The molecular formula is C18H24N4O3. The fraction of sp³-hybridized carbons (Fsp3) is 0.444. The molecule has 0 aliphatic rings. The van der Waals surface area contributed by atoms with Crippen LogP contribution in [0.25, 0.3) is 5.69 Å². The van der Waals surface area contributed by atoms with Gasteiger partial charge in [0.1, 0.15) is 0 Å². The molecule has 2 rings (SSSR count). The van der Waals surface area contributed by atoms with Gasteiger partial charge in [-0.2, -0.15) is 0 Å². The molecule has 0 radical (unpaired) electrons. The van der Waals surface area contributed by atoms with Crippen molar-refractivity contribution in [3.63, 3.8) is 0 Å². The Balaban J connectivity index is 2.28. The van der Waals surface area contributed by atoms with Crippen molar-refractivity contribution >= 4 is 11.9 Å². The van der Waals surface area contributed by atoms with Gasteiger partial charge in [-0.3, -0.25) is 9.59 Å². The number of carbonyl (C=O) groups is 2. The zero-order valence-electron chi connectivity index (χ0n) is 15.2. The Hall–Kier alpha value is -2.70. The number of aromatic nitrogens is 3. The predicted octanol–water partition coefficient (Wildman–Crippen LogP) is 2.50. The number of nitrogens with one attached hydrogen (secondary N) is 1. The summed E-state index contributed by atoms with van der Waals surface area (Å²) in [5.74, 6) is -1.44. The lowest BCUT2D eigenvalue weighted by atomic mass is 9.85. The van der Waals surface area contributed by atoms with E-state index in [2.05, 4.69) is 15.6 Å². The van der Waals surface area contributed by atoms with Crippen LogP contribution in [0, 0.1) is 19.8 Å². The molecule has 1 amide bonds. The summed E-state index contributed by atoms with van der Waals surface area (Å²) in [4.78, 5) is 23.8. The van der Waals surface area contributed by atoms with E-state index >= 15 is 0 Å². The van der Waals surface area contributed by atoms with Crippen molar-refractivity contribution in [2.24, 2.45) is 5.92 Å². The smallest absolute Gasteiger partial charge is 0.305 e. The lowest BCUT2D eigenvalue weighted by molar-refractivity contribution is -0.138. The molecule has 2 aromatic rings. The molecule has 1 aromatic carbocycles. The summed E-state index contributed by atoms with van der Waals surface area (Å²) >= 11 is 0. The quantitative estimate of drug-likeness (QED) is 0.839. The maximum atomic E-state index is 12.6. The minimum atomic E-state index is -0.962. The maximum absolute atomic E-state index is 12.6. The van der Waals surface area contributed by atoms with Gasteiger partial charge >= 0.3 is 5.97 Å². The van der Waals surface area contributed by atoms with E-state index in [9.17, 15) is 9.59 Å². The fourth-order valence-corrected chi connectivity index (χ4v) is 2.50. The normalized spacial score (nSPS) is 13.5. The van der Waals surface area contributed by atoms with Crippen molar-refractivity contribution in [1.29, 1.82) is 0 Å². The summed E-state index contributed by atoms with van der Waals surface area (Å²) in [6.07, 6.45) is -0.165. The first kappa shape index (κ1) is 18.6. The number of amides is 1. The lowest BCUT2D eigenvalue weighted by Gasteiger charge is -2.33. The van der Waals surface area contributed by atoms with Crippen LogP contribution in [-0.4, -0.2) is 37.5 Å². The van der Waals surface area contributed by atoms with Gasteiger partial charge in [-0.05, 0) is 38.8 Å². The number of carboxylic acid groups (broad SMARTS) is 1. The van der Waals surface area contributed by atoms with Gasteiger partial charge in [-0.15, -0.1) is 5.10 Å². The summed E-state index contributed by atoms with van der Waals surface area (Å²) in [6, 6.07) is 7.72. The van der Waals surface area contributed by atoms with Crippen LogP contribution in [0.3, 0.4) is 0 Å². The zero-order chi connectivity index (χ0) is 18.8. The minimum Gasteiger partial charge on any atom is -0.481 e. The van der Waals surface area contributed by atoms with Gasteiger partial charge < -0.3 is 10.4 Å².